The number of hydrogen-bond acceptors (Lipinski definition) is 23. The van der Waals surface area contributed by atoms with Gasteiger partial charge in [0, 0.05) is 54.0 Å². The Morgan fingerprint density at radius 1 is 0.764 bits per heavy atom. The van der Waals surface area contributed by atoms with Gasteiger partial charge in [-0.1, -0.05) is 64.1 Å². The standard InChI is InChI=1S/C29H40N6O6.C29H38N6O5.C16H12N2O7/c1-16(2)24(25(37)32-17(3)26(38)35-11-7-8-22(34-35)27(39)40)33-28(41)29(5,6)10-9-21-13-19-12-20(18(4)36)14-31-23(19)15-30-21;1-16(2)24-25(36)32-17(3)26(37)35-11-7-8-22(34-35)27(38)40-18(4)20-12-19-13-21(30-15-23(19)31-14-20)9-10-29(5,6)28(39)33-24;1-9-5-3-7-11(17(21)22)13(9)15(19)25-16(20)14-10(2)6-4-8-12(14)18(23)24/h9-10,12-18,22,24,34,36H,7-8,11H2,1-6H3,(H,32,37)(H,33,41)(H,39,40);9-10,12-18,22,24,34H,7-8,11H2,1-6H3,(H,32,36)(H,33,39);3-8H,1-2H3/b2*10-9+;/t2*17-,18+,22-,24-;/m00./s1. The Balaban J connectivity index is 0.000000229. The highest BCUT2D eigenvalue weighted by atomic mass is 16.6. The number of carboxylic acid groups (broad SMARTS) is 1. The lowest BCUT2D eigenvalue weighted by Crippen LogP contribution is -2.61. The number of aliphatic hydroxyl groups excluding tert-OH is 1. The molecule has 3 aliphatic rings. The van der Waals surface area contributed by atoms with Crippen molar-refractivity contribution in [2.75, 3.05) is 13.1 Å². The number of fused-ring (bicyclic) bond motifs is 5. The normalized spacial score (nSPS) is 19.7. The Kier molecular flexibility index (Phi) is 27.4. The van der Waals surface area contributed by atoms with Gasteiger partial charge in [0.25, 0.3) is 23.2 Å². The topological polar surface area (TPSA) is 446 Å². The first-order valence-corrected chi connectivity index (χ1v) is 34.4. The predicted octanol–water partition coefficient (Wildman–Crippen LogP) is 7.49. The maximum Gasteiger partial charge on any atom is 0.353 e. The van der Waals surface area contributed by atoms with Crippen molar-refractivity contribution in [1.29, 1.82) is 0 Å². The Morgan fingerprint density at radius 2 is 1.36 bits per heavy atom. The van der Waals surface area contributed by atoms with Gasteiger partial charge >= 0.3 is 23.9 Å². The van der Waals surface area contributed by atoms with Crippen molar-refractivity contribution >= 4 is 105 Å². The Bertz CT molecular complexity index is 4370. The summed E-state index contributed by atoms with van der Waals surface area (Å²) in [7, 11) is 0. The van der Waals surface area contributed by atoms with E-state index in [0.29, 0.717) is 72.3 Å². The number of aliphatic carboxylic acids is 1. The van der Waals surface area contributed by atoms with Gasteiger partial charge in [-0.05, 0) is 160 Å². The Labute approximate surface area is 611 Å². The number of esters is 3. The van der Waals surface area contributed by atoms with Crippen LogP contribution < -0.4 is 32.1 Å². The molecule has 564 valence electrons. The molecule has 8 N–H and O–H groups in total. The highest BCUT2D eigenvalue weighted by molar-refractivity contribution is 6.07. The zero-order valence-corrected chi connectivity index (χ0v) is 61.4. The minimum absolute atomic E-state index is 0.231. The number of rotatable bonds is 15. The maximum absolute atomic E-state index is 13.3. The number of carbonyl (C=O) groups is 10. The van der Waals surface area contributed by atoms with Gasteiger partial charge in [-0.3, -0.25) is 88.5 Å². The van der Waals surface area contributed by atoms with Crippen molar-refractivity contribution in [2.24, 2.45) is 22.7 Å². The number of aliphatic hydroxyl groups is 1. The number of benzene rings is 2. The molecule has 9 rings (SSSR count). The number of hydrazine groups is 2. The summed E-state index contributed by atoms with van der Waals surface area (Å²) in [5.74, 6) is -7.06. The third-order valence-corrected chi connectivity index (χ3v) is 17.9. The van der Waals surface area contributed by atoms with E-state index < -0.39 is 122 Å². The van der Waals surface area contributed by atoms with Crippen LogP contribution in [0.1, 0.15) is 175 Å². The number of nitro benzene ring substituents is 2. The van der Waals surface area contributed by atoms with Crippen LogP contribution in [0, 0.1) is 56.7 Å². The zero-order chi connectivity index (χ0) is 78.4. The molecule has 32 nitrogen and oxygen atoms in total. The van der Waals surface area contributed by atoms with Gasteiger partial charge in [0.1, 0.15) is 53.5 Å². The summed E-state index contributed by atoms with van der Waals surface area (Å²) in [6.07, 6.45) is 14.2. The first kappa shape index (κ1) is 81.9. The lowest BCUT2D eigenvalue weighted by molar-refractivity contribution is -0.385. The molecular weight excluding hydrogens is 1370 g/mol. The third-order valence-electron chi connectivity index (χ3n) is 17.9. The van der Waals surface area contributed by atoms with E-state index in [0.717, 1.165) is 22.9 Å². The number of hydrogen-bond donors (Lipinski definition) is 8. The summed E-state index contributed by atoms with van der Waals surface area (Å²) in [5.41, 5.74) is 6.38. The van der Waals surface area contributed by atoms with Crippen LogP contribution in [-0.4, -0.2) is 159 Å². The van der Waals surface area contributed by atoms with E-state index in [4.69, 9.17) is 4.74 Å². The molecule has 32 heteroatoms. The number of carbonyl (C=O) groups excluding carboxylic acids is 9. The molecule has 3 aliphatic heterocycles. The van der Waals surface area contributed by atoms with Crippen LogP contribution in [0.2, 0.25) is 0 Å². The summed E-state index contributed by atoms with van der Waals surface area (Å²) in [6.45, 7) is 24.3. The van der Waals surface area contributed by atoms with Crippen molar-refractivity contribution < 1.29 is 77.5 Å². The van der Waals surface area contributed by atoms with Gasteiger partial charge < -0.3 is 41.0 Å². The molecule has 0 saturated carbocycles. The minimum Gasteiger partial charge on any atom is -0.480 e. The summed E-state index contributed by atoms with van der Waals surface area (Å²) >= 11 is 0. The summed E-state index contributed by atoms with van der Waals surface area (Å²) in [6, 6.07) is 10.1. The van der Waals surface area contributed by atoms with Gasteiger partial charge in [0.2, 0.25) is 23.6 Å². The molecule has 0 spiro atoms. The van der Waals surface area contributed by atoms with E-state index >= 15 is 0 Å². The number of nitrogens with zero attached hydrogens (tertiary/aromatic N) is 8. The lowest BCUT2D eigenvalue weighted by Gasteiger charge is -2.35. The van der Waals surface area contributed by atoms with Gasteiger partial charge in [-0.25, -0.2) is 20.4 Å². The number of nitrogens with one attached hydrogen (secondary N) is 6. The number of cyclic esters (lactones) is 1. The number of amides is 6. The minimum atomic E-state index is -1.24. The molecule has 2 aromatic carbocycles. The fourth-order valence-electron chi connectivity index (χ4n) is 11.3. The summed E-state index contributed by atoms with van der Waals surface area (Å²) < 4.78 is 10.4. The van der Waals surface area contributed by atoms with Crippen molar-refractivity contribution in [3.63, 3.8) is 0 Å². The Morgan fingerprint density at radius 3 is 1.94 bits per heavy atom. The first-order chi connectivity index (χ1) is 49.8. The Hall–Kier alpha value is -11.4. The molecule has 2 saturated heterocycles. The second kappa shape index (κ2) is 35.4. The number of aryl methyl sites for hydroxylation is 2. The second-order valence-electron chi connectivity index (χ2n) is 28.0. The van der Waals surface area contributed by atoms with Crippen LogP contribution in [0.25, 0.3) is 34.0 Å². The van der Waals surface area contributed by atoms with Crippen LogP contribution in [0.5, 0.6) is 0 Å². The fourth-order valence-corrected chi connectivity index (χ4v) is 11.3. The van der Waals surface area contributed by atoms with Gasteiger partial charge in [-0.15, -0.1) is 0 Å². The summed E-state index contributed by atoms with van der Waals surface area (Å²) in [5, 5.41) is 56.5. The van der Waals surface area contributed by atoms with Crippen LogP contribution in [0.4, 0.5) is 11.4 Å². The maximum atomic E-state index is 13.3. The second-order valence-corrected chi connectivity index (χ2v) is 28.0. The zero-order valence-electron chi connectivity index (χ0n) is 61.4. The van der Waals surface area contributed by atoms with E-state index in [2.05, 4.69) is 56.8 Å². The lowest BCUT2D eigenvalue weighted by atomic mass is 9.90. The molecule has 8 atom stereocenters. The van der Waals surface area contributed by atoms with E-state index in [1.807, 2.05) is 38.1 Å². The van der Waals surface area contributed by atoms with E-state index in [1.54, 1.807) is 111 Å². The quantitative estimate of drug-likeness (QED) is 0.0213. The molecule has 106 heavy (non-hydrogen) atoms. The number of nitro groups is 2. The molecule has 0 unspecified atom stereocenters. The van der Waals surface area contributed by atoms with Crippen LogP contribution >= 0.6 is 0 Å². The van der Waals surface area contributed by atoms with Crippen molar-refractivity contribution in [2.45, 2.75) is 171 Å². The monoisotopic (exact) mass is 1460 g/mol. The number of ether oxygens (including phenoxy) is 2. The van der Waals surface area contributed by atoms with Crippen LogP contribution in [0.15, 0.2) is 97.6 Å². The van der Waals surface area contributed by atoms with E-state index in [1.165, 1.54) is 55.1 Å². The molecule has 6 amide bonds. The number of carboxylic acids is 1. The van der Waals surface area contributed by atoms with Crippen molar-refractivity contribution in [3.8, 4) is 0 Å². The molecule has 6 aromatic rings. The highest BCUT2D eigenvalue weighted by Gasteiger charge is 2.38. The number of aromatic nitrogens is 4. The molecule has 5 bridgehead atoms. The molecule has 4 aromatic heterocycles. The smallest absolute Gasteiger partial charge is 0.353 e. The third kappa shape index (κ3) is 21.0. The predicted molar refractivity (Wildman–Crippen MR) is 387 cm³/mol. The molecule has 7 heterocycles. The van der Waals surface area contributed by atoms with Crippen LogP contribution in [-0.2, 0) is 47.8 Å². The SMILES string of the molecule is CC(C)[C@@H]1NC(=O)C(C)(C)/C=C/c2cc3cc(cnc3cn2)[C@@H](C)OC(=O)[C@@H]2CCCN(N2)C(=O)[C@H](C)NC1=O.CC(C)[C@H](NC(=O)C(C)(C)/C=C/c1cc2cc([C@@H](C)O)cnc2cn1)C(=O)N[C@@H](C)C(=O)N1CCC[C@@H](C(=O)O)N1.Cc1cccc([N+](=O)[O-])c1C(=O)OC(=O)c1c(C)cccc1[N+](=O)[O-]. The average molecular weight is 1460 g/mol. The van der Waals surface area contributed by atoms with E-state index in [-0.39, 0.29) is 51.8 Å². The van der Waals surface area contributed by atoms with Crippen molar-refractivity contribution in [3.05, 3.63) is 163 Å². The van der Waals surface area contributed by atoms with Gasteiger partial charge in [0.05, 0.1) is 61.6 Å². The van der Waals surface area contributed by atoms with Crippen LogP contribution in [0.3, 0.4) is 0 Å². The largest absolute Gasteiger partial charge is 0.480 e. The van der Waals surface area contributed by atoms with E-state index in [9.17, 15) is 78.4 Å². The summed E-state index contributed by atoms with van der Waals surface area (Å²) in [4.78, 5) is 166. The average Bonchev–Trinajstić information content (AvgIpc) is 0.871. The molecule has 0 aliphatic carbocycles. The highest BCUT2D eigenvalue weighted by Crippen LogP contribution is 2.30. The van der Waals surface area contributed by atoms with Crippen molar-refractivity contribution in [1.82, 2.24) is 62.1 Å². The molecule has 0 radical (unpaired) electrons. The molecular formula is C74H90N14O18. The molecule has 2 fully saturated rings. The van der Waals surface area contributed by atoms with Gasteiger partial charge in [0.15, 0.2) is 0 Å². The first-order valence-electron chi connectivity index (χ1n) is 34.4. The number of pyridine rings is 4. The van der Waals surface area contributed by atoms with Gasteiger partial charge in [-0.2, -0.15) is 0 Å². The fraction of sp³-hybridized carbons (Fsp3) is 0.432.